The van der Waals surface area contributed by atoms with Crippen molar-refractivity contribution in [3.8, 4) is 0 Å². The third-order valence-corrected chi connectivity index (χ3v) is 3.33. The second-order valence-corrected chi connectivity index (χ2v) is 5.18. The van der Waals surface area contributed by atoms with Crippen LogP contribution in [0, 0.1) is 13.8 Å². The van der Waals surface area contributed by atoms with Gasteiger partial charge >= 0.3 is 0 Å². The van der Waals surface area contributed by atoms with Crippen molar-refractivity contribution in [2.45, 2.75) is 33.2 Å². The van der Waals surface area contributed by atoms with E-state index in [2.05, 4.69) is 35.1 Å². The molecule has 1 heterocycles. The van der Waals surface area contributed by atoms with Crippen molar-refractivity contribution in [3.05, 3.63) is 17.5 Å². The van der Waals surface area contributed by atoms with Crippen LogP contribution < -0.4 is 4.90 Å². The van der Waals surface area contributed by atoms with Crippen molar-refractivity contribution in [2.75, 3.05) is 24.0 Å². The fourth-order valence-corrected chi connectivity index (χ4v) is 2.12. The largest absolute Gasteiger partial charge is 0.341 e. The molecule has 0 aliphatic heterocycles. The number of hydrogen-bond donors (Lipinski definition) is 0. The van der Waals surface area contributed by atoms with E-state index in [1.807, 2.05) is 31.7 Å². The molecule has 0 saturated heterocycles. The van der Waals surface area contributed by atoms with Gasteiger partial charge in [-0.3, -0.25) is 0 Å². The number of rotatable bonds is 5. The fraction of sp³-hybridized carbons (Fsp3) is 0.667. The summed E-state index contributed by atoms with van der Waals surface area (Å²) in [5.41, 5.74) is 2.07. The second kappa shape index (κ2) is 6.09. The Labute approximate surface area is 103 Å². The van der Waals surface area contributed by atoms with Crippen LogP contribution in [0.3, 0.4) is 0 Å². The molecular formula is C12H21N3S. The van der Waals surface area contributed by atoms with E-state index in [1.165, 1.54) is 5.75 Å². The van der Waals surface area contributed by atoms with E-state index in [1.54, 1.807) is 0 Å². The lowest BCUT2D eigenvalue weighted by atomic mass is 10.2. The number of hydrogen-bond acceptors (Lipinski definition) is 4. The van der Waals surface area contributed by atoms with Crippen LogP contribution in [-0.4, -0.2) is 35.1 Å². The zero-order valence-electron chi connectivity index (χ0n) is 10.8. The highest BCUT2D eigenvalue weighted by Crippen LogP contribution is 2.14. The third-order valence-electron chi connectivity index (χ3n) is 2.69. The molecular weight excluding hydrogens is 218 g/mol. The lowest BCUT2D eigenvalue weighted by Crippen LogP contribution is -2.31. The lowest BCUT2D eigenvalue weighted by molar-refractivity contribution is 0.651. The van der Waals surface area contributed by atoms with E-state index in [-0.39, 0.29) is 0 Å². The van der Waals surface area contributed by atoms with Crippen molar-refractivity contribution in [2.24, 2.45) is 0 Å². The van der Waals surface area contributed by atoms with Crippen LogP contribution in [0.2, 0.25) is 0 Å². The maximum absolute atomic E-state index is 4.47. The Morgan fingerprint density at radius 2 is 1.88 bits per heavy atom. The number of nitrogens with zero attached hydrogens (tertiary/aromatic N) is 3. The van der Waals surface area contributed by atoms with Gasteiger partial charge in [0, 0.05) is 24.5 Å². The van der Waals surface area contributed by atoms with Crippen molar-refractivity contribution in [1.82, 2.24) is 9.97 Å². The van der Waals surface area contributed by atoms with Crippen LogP contribution in [-0.2, 0) is 0 Å². The van der Waals surface area contributed by atoms with Gasteiger partial charge in [0.25, 0.3) is 0 Å². The molecule has 1 aromatic rings. The summed E-state index contributed by atoms with van der Waals surface area (Å²) in [6.07, 6.45) is 3.30. The predicted octanol–water partition coefficient (Wildman–Crippen LogP) is 2.67. The molecule has 90 valence electrons. The van der Waals surface area contributed by atoms with Gasteiger partial charge in [-0.25, -0.2) is 9.97 Å². The van der Waals surface area contributed by atoms with E-state index < -0.39 is 0 Å². The first kappa shape index (κ1) is 13.3. The van der Waals surface area contributed by atoms with E-state index in [0.29, 0.717) is 6.04 Å². The van der Waals surface area contributed by atoms with Gasteiger partial charge in [-0.1, -0.05) is 0 Å². The van der Waals surface area contributed by atoms with Crippen molar-refractivity contribution < 1.29 is 0 Å². The molecule has 3 nitrogen and oxygen atoms in total. The van der Waals surface area contributed by atoms with Gasteiger partial charge < -0.3 is 4.90 Å². The summed E-state index contributed by atoms with van der Waals surface area (Å²) in [7, 11) is 2.07. The topological polar surface area (TPSA) is 29.0 Å². The van der Waals surface area contributed by atoms with Gasteiger partial charge in [0.15, 0.2) is 0 Å². The highest BCUT2D eigenvalue weighted by molar-refractivity contribution is 7.98. The first-order chi connectivity index (χ1) is 7.54. The Morgan fingerprint density at radius 3 is 2.38 bits per heavy atom. The van der Waals surface area contributed by atoms with Gasteiger partial charge in [-0.2, -0.15) is 11.8 Å². The number of thioether (sulfide) groups is 1. The van der Waals surface area contributed by atoms with E-state index in [0.717, 1.165) is 23.8 Å². The highest BCUT2D eigenvalue weighted by Gasteiger charge is 2.12. The third kappa shape index (κ3) is 3.67. The highest BCUT2D eigenvalue weighted by atomic mass is 32.2. The summed E-state index contributed by atoms with van der Waals surface area (Å²) in [5, 5.41) is 0. The Morgan fingerprint density at radius 1 is 1.31 bits per heavy atom. The predicted molar refractivity (Wildman–Crippen MR) is 72.4 cm³/mol. The monoisotopic (exact) mass is 239 g/mol. The summed E-state index contributed by atoms with van der Waals surface area (Å²) in [5.74, 6) is 2.02. The molecule has 0 fully saturated rings. The molecule has 4 heteroatoms. The molecule has 0 saturated carbocycles. The molecule has 1 atom stereocenters. The second-order valence-electron chi connectivity index (χ2n) is 4.19. The summed E-state index contributed by atoms with van der Waals surface area (Å²) < 4.78 is 0. The van der Waals surface area contributed by atoms with E-state index in [9.17, 15) is 0 Å². The smallest absolute Gasteiger partial charge is 0.225 e. The summed E-state index contributed by atoms with van der Waals surface area (Å²) in [6, 6.07) is 2.48. The number of aryl methyl sites for hydroxylation is 2. The Kier molecular flexibility index (Phi) is 5.06. The van der Waals surface area contributed by atoms with E-state index >= 15 is 0 Å². The molecule has 0 aliphatic carbocycles. The number of aromatic nitrogens is 2. The first-order valence-corrected chi connectivity index (χ1v) is 6.98. The van der Waals surface area contributed by atoms with Gasteiger partial charge in [0.05, 0.1) is 0 Å². The van der Waals surface area contributed by atoms with Crippen molar-refractivity contribution >= 4 is 17.7 Å². The molecule has 1 aromatic heterocycles. The molecule has 0 aromatic carbocycles. The average molecular weight is 239 g/mol. The lowest BCUT2D eigenvalue weighted by Gasteiger charge is -2.25. The fourth-order valence-electron chi connectivity index (χ4n) is 1.54. The number of anilines is 1. The van der Waals surface area contributed by atoms with Gasteiger partial charge in [0.2, 0.25) is 5.95 Å². The summed E-state index contributed by atoms with van der Waals surface area (Å²) in [4.78, 5) is 11.1. The molecule has 0 radical (unpaired) electrons. The molecule has 0 amide bonds. The van der Waals surface area contributed by atoms with Crippen LogP contribution in [0.25, 0.3) is 0 Å². The maximum atomic E-state index is 4.47. The minimum atomic E-state index is 0.480. The molecule has 1 unspecified atom stereocenters. The molecule has 0 bridgehead atoms. The molecule has 0 aliphatic rings. The molecule has 16 heavy (non-hydrogen) atoms. The molecule has 0 N–H and O–H groups in total. The maximum Gasteiger partial charge on any atom is 0.225 e. The Hall–Kier alpha value is -0.770. The Bertz CT molecular complexity index is 321. The van der Waals surface area contributed by atoms with Crippen molar-refractivity contribution in [1.29, 1.82) is 0 Å². The minimum absolute atomic E-state index is 0.480. The zero-order chi connectivity index (χ0) is 12.1. The van der Waals surface area contributed by atoms with Crippen LogP contribution in [0.4, 0.5) is 5.95 Å². The quantitative estimate of drug-likeness (QED) is 0.790. The first-order valence-electron chi connectivity index (χ1n) is 5.58. The average Bonchev–Trinajstić information content (AvgIpc) is 2.23. The molecule has 1 rings (SSSR count). The van der Waals surface area contributed by atoms with Gasteiger partial charge in [-0.15, -0.1) is 0 Å². The van der Waals surface area contributed by atoms with Crippen LogP contribution in [0.1, 0.15) is 24.7 Å². The SMILES string of the molecule is CSCCC(C)N(C)c1nc(C)cc(C)n1. The van der Waals surface area contributed by atoms with Gasteiger partial charge in [0.1, 0.15) is 0 Å². The van der Waals surface area contributed by atoms with Crippen molar-refractivity contribution in [3.63, 3.8) is 0 Å². The Balaban J connectivity index is 2.74. The van der Waals surface area contributed by atoms with Crippen LogP contribution >= 0.6 is 11.8 Å². The van der Waals surface area contributed by atoms with Crippen LogP contribution in [0.5, 0.6) is 0 Å². The standard InChI is InChI=1S/C12H21N3S/c1-9-8-10(2)14-12(13-9)15(4)11(3)6-7-16-5/h8,11H,6-7H2,1-5H3. The van der Waals surface area contributed by atoms with E-state index in [4.69, 9.17) is 0 Å². The minimum Gasteiger partial charge on any atom is -0.341 e. The van der Waals surface area contributed by atoms with Gasteiger partial charge in [-0.05, 0) is 45.3 Å². The zero-order valence-corrected chi connectivity index (χ0v) is 11.6. The van der Waals surface area contributed by atoms with Crippen LogP contribution in [0.15, 0.2) is 6.07 Å². The molecule has 0 spiro atoms. The normalized spacial score (nSPS) is 12.6. The summed E-state index contributed by atoms with van der Waals surface area (Å²) in [6.45, 7) is 6.24. The summed E-state index contributed by atoms with van der Waals surface area (Å²) >= 11 is 1.88.